The highest BCUT2D eigenvalue weighted by Crippen LogP contribution is 2.23. The molecule has 0 radical (unpaired) electrons. The number of aromatic nitrogens is 2. The lowest BCUT2D eigenvalue weighted by Crippen LogP contribution is -2.06. The van der Waals surface area contributed by atoms with Gasteiger partial charge in [0.2, 0.25) is 0 Å². The zero-order valence-corrected chi connectivity index (χ0v) is 11.2. The molecule has 1 heterocycles. The van der Waals surface area contributed by atoms with E-state index >= 15 is 0 Å². The van der Waals surface area contributed by atoms with E-state index in [1.54, 1.807) is 6.20 Å². The SMILES string of the molecule is Cc1ccc(NCc2ncc(Cl)n2C)c(Cl)c1. The van der Waals surface area contributed by atoms with Crippen molar-refractivity contribution in [2.45, 2.75) is 13.5 Å². The predicted octanol–water partition coefficient (Wildman–Crippen LogP) is 3.65. The van der Waals surface area contributed by atoms with Gasteiger partial charge in [0, 0.05) is 7.05 Å². The average Bonchev–Trinajstić information content (AvgIpc) is 2.59. The van der Waals surface area contributed by atoms with Gasteiger partial charge >= 0.3 is 0 Å². The summed E-state index contributed by atoms with van der Waals surface area (Å²) in [4.78, 5) is 4.20. The van der Waals surface area contributed by atoms with Gasteiger partial charge in [0.25, 0.3) is 0 Å². The van der Waals surface area contributed by atoms with E-state index in [4.69, 9.17) is 23.2 Å². The van der Waals surface area contributed by atoms with Gasteiger partial charge in [0.15, 0.2) is 0 Å². The Morgan fingerprint density at radius 3 is 2.71 bits per heavy atom. The normalized spacial score (nSPS) is 10.6. The van der Waals surface area contributed by atoms with Gasteiger partial charge < -0.3 is 9.88 Å². The van der Waals surface area contributed by atoms with Crippen molar-refractivity contribution >= 4 is 28.9 Å². The van der Waals surface area contributed by atoms with Crippen LogP contribution in [0.5, 0.6) is 0 Å². The predicted molar refractivity (Wildman–Crippen MR) is 71.7 cm³/mol. The van der Waals surface area contributed by atoms with Crippen LogP contribution in [0.1, 0.15) is 11.4 Å². The van der Waals surface area contributed by atoms with E-state index in [1.807, 2.05) is 36.7 Å². The van der Waals surface area contributed by atoms with E-state index in [9.17, 15) is 0 Å². The van der Waals surface area contributed by atoms with Gasteiger partial charge in [-0.05, 0) is 24.6 Å². The third-order valence-electron chi connectivity index (χ3n) is 2.59. The Morgan fingerprint density at radius 1 is 1.35 bits per heavy atom. The maximum absolute atomic E-state index is 6.12. The zero-order valence-electron chi connectivity index (χ0n) is 9.67. The molecule has 0 aliphatic rings. The fourth-order valence-electron chi connectivity index (χ4n) is 1.53. The molecule has 0 bridgehead atoms. The van der Waals surface area contributed by atoms with Gasteiger partial charge in [-0.25, -0.2) is 4.98 Å². The average molecular weight is 270 g/mol. The first-order chi connectivity index (χ1) is 8.08. The highest BCUT2D eigenvalue weighted by molar-refractivity contribution is 6.33. The van der Waals surface area contributed by atoms with Crippen LogP contribution in [0.15, 0.2) is 24.4 Å². The van der Waals surface area contributed by atoms with E-state index in [2.05, 4.69) is 10.3 Å². The van der Waals surface area contributed by atoms with Gasteiger partial charge in [0.05, 0.1) is 23.5 Å². The zero-order chi connectivity index (χ0) is 12.4. The first kappa shape index (κ1) is 12.3. The first-order valence-electron chi connectivity index (χ1n) is 5.24. The minimum absolute atomic E-state index is 0.589. The summed E-state index contributed by atoms with van der Waals surface area (Å²) >= 11 is 12.0. The molecule has 1 aromatic heterocycles. The summed E-state index contributed by atoms with van der Waals surface area (Å²) in [5.41, 5.74) is 2.04. The van der Waals surface area contributed by atoms with Crippen molar-refractivity contribution in [3.63, 3.8) is 0 Å². The molecule has 90 valence electrons. The Morgan fingerprint density at radius 2 is 2.12 bits per heavy atom. The van der Waals surface area contributed by atoms with E-state index in [1.165, 1.54) is 0 Å². The number of hydrogen-bond acceptors (Lipinski definition) is 2. The molecule has 3 nitrogen and oxygen atoms in total. The Balaban J connectivity index is 2.10. The van der Waals surface area contributed by atoms with Crippen LogP contribution < -0.4 is 5.32 Å². The van der Waals surface area contributed by atoms with Crippen molar-refractivity contribution in [2.24, 2.45) is 7.05 Å². The summed E-state index contributed by atoms with van der Waals surface area (Å²) in [7, 11) is 1.88. The molecule has 1 aromatic carbocycles. The molecule has 2 rings (SSSR count). The van der Waals surface area contributed by atoms with Crippen LogP contribution in [0.3, 0.4) is 0 Å². The molecular weight excluding hydrogens is 257 g/mol. The molecule has 0 atom stereocenters. The Hall–Kier alpha value is -1.19. The minimum atomic E-state index is 0.589. The fourth-order valence-corrected chi connectivity index (χ4v) is 1.97. The van der Waals surface area contributed by atoms with Crippen LogP contribution in [0.4, 0.5) is 5.69 Å². The number of rotatable bonds is 3. The summed E-state index contributed by atoms with van der Waals surface area (Å²) in [5, 5.41) is 4.57. The number of benzene rings is 1. The molecule has 0 saturated carbocycles. The number of hydrogen-bond donors (Lipinski definition) is 1. The number of nitrogens with one attached hydrogen (secondary N) is 1. The van der Waals surface area contributed by atoms with Crippen molar-refractivity contribution < 1.29 is 0 Å². The fraction of sp³-hybridized carbons (Fsp3) is 0.250. The number of nitrogens with zero attached hydrogens (tertiary/aromatic N) is 2. The van der Waals surface area contributed by atoms with E-state index < -0.39 is 0 Å². The second kappa shape index (κ2) is 4.98. The van der Waals surface area contributed by atoms with Crippen LogP contribution >= 0.6 is 23.2 Å². The summed E-state index contributed by atoms with van der Waals surface area (Å²) < 4.78 is 1.83. The number of imidazole rings is 1. The van der Waals surface area contributed by atoms with Crippen molar-refractivity contribution in [1.82, 2.24) is 9.55 Å². The summed E-state index contributed by atoms with van der Waals surface area (Å²) in [6, 6.07) is 5.90. The van der Waals surface area contributed by atoms with Crippen molar-refractivity contribution in [1.29, 1.82) is 0 Å². The third-order valence-corrected chi connectivity index (χ3v) is 3.25. The minimum Gasteiger partial charge on any atom is -0.377 e. The van der Waals surface area contributed by atoms with Gasteiger partial charge in [-0.15, -0.1) is 0 Å². The molecule has 0 amide bonds. The van der Waals surface area contributed by atoms with Crippen LogP contribution in [0, 0.1) is 6.92 Å². The Bertz CT molecular complexity index is 535. The first-order valence-corrected chi connectivity index (χ1v) is 5.99. The quantitative estimate of drug-likeness (QED) is 0.922. The smallest absolute Gasteiger partial charge is 0.128 e. The summed E-state index contributed by atoms with van der Waals surface area (Å²) in [6.07, 6.45) is 1.63. The van der Waals surface area contributed by atoms with E-state index in [-0.39, 0.29) is 0 Å². The second-order valence-corrected chi connectivity index (χ2v) is 4.69. The van der Waals surface area contributed by atoms with Crippen LogP contribution in [-0.4, -0.2) is 9.55 Å². The molecule has 1 N–H and O–H groups in total. The topological polar surface area (TPSA) is 29.9 Å². The molecule has 0 unspecified atom stereocenters. The molecular formula is C12H13Cl2N3. The van der Waals surface area contributed by atoms with Gasteiger partial charge in [-0.3, -0.25) is 0 Å². The Labute approximate surface area is 110 Å². The summed E-state index contributed by atoms with van der Waals surface area (Å²) in [6.45, 7) is 2.60. The third kappa shape index (κ3) is 2.73. The molecule has 0 aliphatic heterocycles. The van der Waals surface area contributed by atoms with Crippen molar-refractivity contribution in [2.75, 3.05) is 5.32 Å². The molecule has 2 aromatic rings. The lowest BCUT2D eigenvalue weighted by molar-refractivity contribution is 0.813. The van der Waals surface area contributed by atoms with Gasteiger partial charge in [0.1, 0.15) is 11.0 Å². The molecule has 0 aliphatic carbocycles. The summed E-state index contributed by atoms with van der Waals surface area (Å²) in [5.74, 6) is 0.867. The number of anilines is 1. The molecule has 0 saturated heterocycles. The molecule has 0 spiro atoms. The molecule has 5 heteroatoms. The van der Waals surface area contributed by atoms with E-state index in [0.29, 0.717) is 16.7 Å². The Kier molecular flexibility index (Phi) is 3.60. The monoisotopic (exact) mass is 269 g/mol. The second-order valence-electron chi connectivity index (χ2n) is 3.89. The maximum atomic E-state index is 6.12. The standard InChI is InChI=1S/C12H13Cl2N3/c1-8-3-4-10(9(13)5-8)15-7-12-16-6-11(14)17(12)2/h3-6,15H,7H2,1-2H3. The number of halogens is 2. The largest absolute Gasteiger partial charge is 0.377 e. The van der Waals surface area contributed by atoms with Crippen molar-refractivity contribution in [3.05, 3.63) is 46.0 Å². The van der Waals surface area contributed by atoms with E-state index in [0.717, 1.165) is 17.1 Å². The van der Waals surface area contributed by atoms with Gasteiger partial charge in [-0.1, -0.05) is 29.3 Å². The van der Waals surface area contributed by atoms with Crippen LogP contribution in [-0.2, 0) is 13.6 Å². The van der Waals surface area contributed by atoms with Crippen LogP contribution in [0.2, 0.25) is 10.2 Å². The number of aryl methyl sites for hydroxylation is 1. The highest BCUT2D eigenvalue weighted by atomic mass is 35.5. The van der Waals surface area contributed by atoms with Crippen molar-refractivity contribution in [3.8, 4) is 0 Å². The lowest BCUT2D eigenvalue weighted by atomic mass is 10.2. The van der Waals surface area contributed by atoms with Gasteiger partial charge in [-0.2, -0.15) is 0 Å². The molecule has 17 heavy (non-hydrogen) atoms. The molecule has 0 fully saturated rings. The van der Waals surface area contributed by atoms with Crippen LogP contribution in [0.25, 0.3) is 0 Å². The highest BCUT2D eigenvalue weighted by Gasteiger charge is 2.05. The maximum Gasteiger partial charge on any atom is 0.128 e. The lowest BCUT2D eigenvalue weighted by Gasteiger charge is -2.09.